The van der Waals surface area contributed by atoms with Crippen LogP contribution in [0.1, 0.15) is 33.3 Å². The van der Waals surface area contributed by atoms with Gasteiger partial charge in [-0.2, -0.15) is 17.9 Å². The van der Waals surface area contributed by atoms with Gasteiger partial charge in [0.25, 0.3) is 5.91 Å². The van der Waals surface area contributed by atoms with Crippen molar-refractivity contribution >= 4 is 21.9 Å². The lowest BCUT2D eigenvalue weighted by Crippen LogP contribution is -2.46. The SMILES string of the molecule is CC(OC(=O)CNS(=O)(=O)c1cccc(C(F)(F)F)c1)C(=O)NC(C)(C)C. The Hall–Kier alpha value is -2.14. The molecule has 0 aromatic heterocycles. The number of ether oxygens (including phenoxy) is 1. The van der Waals surface area contributed by atoms with Crippen LogP contribution in [0.2, 0.25) is 0 Å². The fourth-order valence-electron chi connectivity index (χ4n) is 1.84. The van der Waals surface area contributed by atoms with Crippen molar-refractivity contribution in [2.24, 2.45) is 0 Å². The van der Waals surface area contributed by atoms with Crippen LogP contribution in [0.15, 0.2) is 29.2 Å². The van der Waals surface area contributed by atoms with E-state index in [-0.39, 0.29) is 0 Å². The highest BCUT2D eigenvalue weighted by molar-refractivity contribution is 7.89. The Balaban J connectivity index is 2.71. The number of esters is 1. The molecule has 1 aromatic carbocycles. The van der Waals surface area contributed by atoms with Crippen molar-refractivity contribution in [3.63, 3.8) is 0 Å². The number of benzene rings is 1. The maximum absolute atomic E-state index is 12.7. The van der Waals surface area contributed by atoms with Gasteiger partial charge in [0, 0.05) is 5.54 Å². The number of sulfonamides is 1. The Morgan fingerprint density at radius 3 is 2.30 bits per heavy atom. The minimum absolute atomic E-state index is 0.451. The first-order valence-corrected chi connectivity index (χ1v) is 9.28. The third-order valence-electron chi connectivity index (χ3n) is 3.05. The zero-order valence-corrected chi connectivity index (χ0v) is 16.0. The van der Waals surface area contributed by atoms with Crippen LogP contribution < -0.4 is 10.0 Å². The van der Waals surface area contributed by atoms with Gasteiger partial charge in [-0.25, -0.2) is 8.42 Å². The van der Waals surface area contributed by atoms with Crippen molar-refractivity contribution in [1.29, 1.82) is 0 Å². The lowest BCUT2D eigenvalue weighted by Gasteiger charge is -2.23. The van der Waals surface area contributed by atoms with Crippen molar-refractivity contribution < 1.29 is 35.9 Å². The molecule has 0 bridgehead atoms. The molecule has 0 heterocycles. The molecule has 0 fully saturated rings. The minimum Gasteiger partial charge on any atom is -0.452 e. The Kier molecular flexibility index (Phi) is 7.00. The summed E-state index contributed by atoms with van der Waals surface area (Å²) in [6, 6.07) is 3.08. The van der Waals surface area contributed by atoms with Crippen LogP contribution >= 0.6 is 0 Å². The largest absolute Gasteiger partial charge is 0.452 e. The zero-order chi connectivity index (χ0) is 21.0. The number of carbonyl (C=O) groups is 2. The third-order valence-corrected chi connectivity index (χ3v) is 4.45. The summed E-state index contributed by atoms with van der Waals surface area (Å²) in [5.74, 6) is -1.63. The lowest BCUT2D eigenvalue weighted by atomic mass is 10.1. The van der Waals surface area contributed by atoms with Gasteiger partial charge in [0.15, 0.2) is 6.10 Å². The van der Waals surface area contributed by atoms with Crippen molar-refractivity contribution in [2.45, 2.75) is 50.4 Å². The van der Waals surface area contributed by atoms with Gasteiger partial charge in [-0.3, -0.25) is 9.59 Å². The van der Waals surface area contributed by atoms with Crippen LogP contribution in [0.5, 0.6) is 0 Å². The monoisotopic (exact) mass is 410 g/mol. The van der Waals surface area contributed by atoms with Gasteiger partial charge in [0.2, 0.25) is 10.0 Å². The number of nitrogens with one attached hydrogen (secondary N) is 2. The van der Waals surface area contributed by atoms with E-state index < -0.39 is 56.7 Å². The smallest absolute Gasteiger partial charge is 0.416 e. The summed E-state index contributed by atoms with van der Waals surface area (Å²) in [5, 5.41) is 2.58. The van der Waals surface area contributed by atoms with Gasteiger partial charge >= 0.3 is 12.1 Å². The van der Waals surface area contributed by atoms with E-state index in [1.54, 1.807) is 20.8 Å². The first-order chi connectivity index (χ1) is 12.1. The number of alkyl halides is 3. The maximum atomic E-state index is 12.7. The molecule has 1 unspecified atom stereocenters. The second kappa shape index (κ2) is 8.26. The summed E-state index contributed by atoms with van der Waals surface area (Å²) in [6.45, 7) is 5.64. The average Bonchev–Trinajstić information content (AvgIpc) is 2.50. The normalized spacial score (nSPS) is 13.7. The molecule has 2 N–H and O–H groups in total. The zero-order valence-electron chi connectivity index (χ0n) is 15.2. The van der Waals surface area contributed by atoms with Gasteiger partial charge in [0.05, 0.1) is 10.5 Å². The molecule has 0 radical (unpaired) electrons. The van der Waals surface area contributed by atoms with Crippen LogP contribution in [0, 0.1) is 0 Å². The fraction of sp³-hybridized carbons (Fsp3) is 0.500. The molecule has 1 amide bonds. The Labute approximate surface area is 155 Å². The number of rotatable bonds is 6. The number of amides is 1. The molecule has 0 aliphatic rings. The highest BCUT2D eigenvalue weighted by atomic mass is 32.2. The molecular formula is C16H21F3N2O5S. The fourth-order valence-corrected chi connectivity index (χ4v) is 2.85. The first-order valence-electron chi connectivity index (χ1n) is 7.80. The van der Waals surface area contributed by atoms with Gasteiger partial charge in [0.1, 0.15) is 6.54 Å². The van der Waals surface area contributed by atoms with E-state index in [0.717, 1.165) is 18.2 Å². The Bertz CT molecular complexity index is 801. The number of hydrogen-bond donors (Lipinski definition) is 2. The molecule has 0 aliphatic heterocycles. The maximum Gasteiger partial charge on any atom is 0.416 e. The van der Waals surface area contributed by atoms with E-state index in [1.165, 1.54) is 6.92 Å². The van der Waals surface area contributed by atoms with Crippen molar-refractivity contribution in [2.75, 3.05) is 6.54 Å². The van der Waals surface area contributed by atoms with Crippen molar-refractivity contribution in [3.05, 3.63) is 29.8 Å². The number of halogens is 3. The lowest BCUT2D eigenvalue weighted by molar-refractivity contribution is -0.154. The van der Waals surface area contributed by atoms with Gasteiger partial charge in [-0.15, -0.1) is 0 Å². The molecule has 27 heavy (non-hydrogen) atoms. The van der Waals surface area contributed by atoms with E-state index >= 15 is 0 Å². The first kappa shape index (κ1) is 22.9. The molecule has 152 valence electrons. The molecule has 7 nitrogen and oxygen atoms in total. The van der Waals surface area contributed by atoms with E-state index in [1.807, 2.05) is 4.72 Å². The standard InChI is InChI=1S/C16H21F3N2O5S/c1-10(14(23)21-15(2,3)4)26-13(22)9-20-27(24,25)12-7-5-6-11(8-12)16(17,18)19/h5-8,10,20H,9H2,1-4H3,(H,21,23). The van der Waals surface area contributed by atoms with Crippen LogP contribution in [0.3, 0.4) is 0 Å². The van der Waals surface area contributed by atoms with Crippen LogP contribution in [-0.4, -0.2) is 38.5 Å². The molecule has 11 heteroatoms. The summed E-state index contributed by atoms with van der Waals surface area (Å²) in [7, 11) is -4.37. The average molecular weight is 410 g/mol. The number of hydrogen-bond acceptors (Lipinski definition) is 5. The summed E-state index contributed by atoms with van der Waals surface area (Å²) in [5.41, 5.74) is -1.69. The predicted molar refractivity (Wildman–Crippen MR) is 90.1 cm³/mol. The van der Waals surface area contributed by atoms with Crippen molar-refractivity contribution in [3.8, 4) is 0 Å². The predicted octanol–water partition coefficient (Wildman–Crippen LogP) is 1.83. The molecule has 1 atom stereocenters. The summed E-state index contributed by atoms with van der Waals surface area (Å²) in [4.78, 5) is 22.9. The summed E-state index contributed by atoms with van der Waals surface area (Å²) in [6.07, 6.45) is -5.88. The quantitative estimate of drug-likeness (QED) is 0.697. The molecular weight excluding hydrogens is 389 g/mol. The van der Waals surface area contributed by atoms with Crippen LogP contribution in [0.25, 0.3) is 0 Å². The molecule has 0 aliphatic carbocycles. The summed E-state index contributed by atoms with van der Waals surface area (Å²) < 4.78 is 68.8. The highest BCUT2D eigenvalue weighted by Gasteiger charge is 2.32. The topological polar surface area (TPSA) is 102 Å². The van der Waals surface area contributed by atoms with E-state index in [4.69, 9.17) is 4.74 Å². The van der Waals surface area contributed by atoms with Crippen LogP contribution in [0.4, 0.5) is 13.2 Å². The minimum atomic E-state index is -4.71. The molecule has 0 saturated heterocycles. The molecule has 0 spiro atoms. The Morgan fingerprint density at radius 1 is 1.19 bits per heavy atom. The van der Waals surface area contributed by atoms with E-state index in [2.05, 4.69) is 5.32 Å². The van der Waals surface area contributed by atoms with E-state index in [9.17, 15) is 31.2 Å². The second-order valence-electron chi connectivity index (χ2n) is 6.72. The van der Waals surface area contributed by atoms with Crippen LogP contribution in [-0.2, 0) is 30.5 Å². The highest BCUT2D eigenvalue weighted by Crippen LogP contribution is 2.30. The second-order valence-corrected chi connectivity index (χ2v) is 8.49. The molecule has 1 rings (SSSR count). The Morgan fingerprint density at radius 2 is 1.78 bits per heavy atom. The number of carbonyl (C=O) groups excluding carboxylic acids is 2. The van der Waals surface area contributed by atoms with Gasteiger partial charge in [-0.1, -0.05) is 6.07 Å². The molecule has 0 saturated carbocycles. The van der Waals surface area contributed by atoms with Gasteiger partial charge < -0.3 is 10.1 Å². The molecule has 1 aromatic rings. The van der Waals surface area contributed by atoms with Crippen molar-refractivity contribution in [1.82, 2.24) is 10.0 Å². The third kappa shape index (κ3) is 7.55. The summed E-state index contributed by atoms with van der Waals surface area (Å²) >= 11 is 0. The van der Waals surface area contributed by atoms with Gasteiger partial charge in [-0.05, 0) is 45.9 Å². The van der Waals surface area contributed by atoms with E-state index in [0.29, 0.717) is 6.07 Å².